The molecule has 22 heavy (non-hydrogen) atoms. The van der Waals surface area contributed by atoms with Gasteiger partial charge in [0.25, 0.3) is 0 Å². The number of ether oxygens (including phenoxy) is 2. The maximum atomic E-state index is 12.3. The van der Waals surface area contributed by atoms with Crippen molar-refractivity contribution in [1.82, 2.24) is 14.8 Å². The van der Waals surface area contributed by atoms with Crippen LogP contribution in [0.4, 0.5) is 0 Å². The SMILES string of the molecule is O=C(OCC1CCCCO1)c1ccccc1Cn1cncn1. The van der Waals surface area contributed by atoms with Gasteiger partial charge in [-0.3, -0.25) is 0 Å². The van der Waals surface area contributed by atoms with Crippen molar-refractivity contribution in [2.75, 3.05) is 13.2 Å². The van der Waals surface area contributed by atoms with E-state index in [1.165, 1.54) is 6.33 Å². The van der Waals surface area contributed by atoms with E-state index >= 15 is 0 Å². The quantitative estimate of drug-likeness (QED) is 0.791. The van der Waals surface area contributed by atoms with E-state index < -0.39 is 0 Å². The van der Waals surface area contributed by atoms with Crippen LogP contribution in [0, 0.1) is 0 Å². The third kappa shape index (κ3) is 3.71. The molecule has 1 fully saturated rings. The van der Waals surface area contributed by atoms with Crippen molar-refractivity contribution in [3.8, 4) is 0 Å². The molecule has 1 aliphatic heterocycles. The molecule has 0 spiro atoms. The lowest BCUT2D eigenvalue weighted by atomic mass is 10.1. The number of esters is 1. The Balaban J connectivity index is 1.64. The van der Waals surface area contributed by atoms with E-state index in [-0.39, 0.29) is 12.1 Å². The zero-order valence-corrected chi connectivity index (χ0v) is 12.4. The number of aromatic nitrogens is 3. The molecule has 2 aromatic rings. The molecule has 1 unspecified atom stereocenters. The second-order valence-electron chi connectivity index (χ2n) is 5.34. The molecule has 1 aromatic heterocycles. The normalized spacial score (nSPS) is 18.1. The van der Waals surface area contributed by atoms with E-state index in [0.29, 0.717) is 18.7 Å². The van der Waals surface area contributed by atoms with E-state index in [1.54, 1.807) is 17.1 Å². The van der Waals surface area contributed by atoms with Crippen molar-refractivity contribution in [1.29, 1.82) is 0 Å². The fourth-order valence-corrected chi connectivity index (χ4v) is 2.53. The summed E-state index contributed by atoms with van der Waals surface area (Å²) in [6.45, 7) is 1.56. The highest BCUT2D eigenvalue weighted by Gasteiger charge is 2.18. The minimum Gasteiger partial charge on any atom is -0.459 e. The van der Waals surface area contributed by atoms with Crippen LogP contribution in [0.1, 0.15) is 35.2 Å². The van der Waals surface area contributed by atoms with E-state index in [1.807, 2.05) is 18.2 Å². The van der Waals surface area contributed by atoms with Gasteiger partial charge < -0.3 is 9.47 Å². The molecule has 1 saturated heterocycles. The summed E-state index contributed by atoms with van der Waals surface area (Å²) >= 11 is 0. The van der Waals surface area contributed by atoms with Gasteiger partial charge in [-0.05, 0) is 30.9 Å². The molecule has 1 aliphatic rings. The smallest absolute Gasteiger partial charge is 0.338 e. The maximum Gasteiger partial charge on any atom is 0.338 e. The van der Waals surface area contributed by atoms with E-state index in [9.17, 15) is 4.79 Å². The lowest BCUT2D eigenvalue weighted by Gasteiger charge is -2.22. The molecule has 6 heteroatoms. The van der Waals surface area contributed by atoms with Crippen LogP contribution in [0.25, 0.3) is 0 Å². The van der Waals surface area contributed by atoms with Gasteiger partial charge in [0.1, 0.15) is 19.3 Å². The molecule has 6 nitrogen and oxygen atoms in total. The maximum absolute atomic E-state index is 12.3. The van der Waals surface area contributed by atoms with Gasteiger partial charge in [-0.2, -0.15) is 5.10 Å². The highest BCUT2D eigenvalue weighted by atomic mass is 16.6. The first-order valence-corrected chi connectivity index (χ1v) is 7.52. The lowest BCUT2D eigenvalue weighted by Crippen LogP contribution is -2.26. The van der Waals surface area contributed by atoms with Crippen LogP contribution < -0.4 is 0 Å². The molecule has 0 amide bonds. The molecule has 0 aliphatic carbocycles. The summed E-state index contributed by atoms with van der Waals surface area (Å²) < 4.78 is 12.7. The third-order valence-corrected chi connectivity index (χ3v) is 3.71. The Hall–Kier alpha value is -2.21. The van der Waals surface area contributed by atoms with Crippen LogP contribution in [0.15, 0.2) is 36.9 Å². The van der Waals surface area contributed by atoms with Crippen molar-refractivity contribution in [2.45, 2.75) is 31.9 Å². The van der Waals surface area contributed by atoms with Crippen molar-refractivity contribution in [3.05, 3.63) is 48.0 Å². The zero-order valence-electron chi connectivity index (χ0n) is 12.4. The second-order valence-corrected chi connectivity index (χ2v) is 5.34. The highest BCUT2D eigenvalue weighted by Crippen LogP contribution is 2.15. The third-order valence-electron chi connectivity index (χ3n) is 3.71. The molecule has 0 N–H and O–H groups in total. The Morgan fingerprint density at radius 2 is 2.27 bits per heavy atom. The zero-order chi connectivity index (χ0) is 15.2. The second kappa shape index (κ2) is 7.17. The summed E-state index contributed by atoms with van der Waals surface area (Å²) in [5.74, 6) is -0.315. The van der Waals surface area contributed by atoms with Crippen molar-refractivity contribution < 1.29 is 14.3 Å². The summed E-state index contributed by atoms with van der Waals surface area (Å²) in [6.07, 6.45) is 6.30. The van der Waals surface area contributed by atoms with E-state index in [4.69, 9.17) is 9.47 Å². The van der Waals surface area contributed by atoms with Crippen LogP contribution in [0.5, 0.6) is 0 Å². The van der Waals surface area contributed by atoms with E-state index in [2.05, 4.69) is 10.1 Å². The fraction of sp³-hybridized carbons (Fsp3) is 0.438. The van der Waals surface area contributed by atoms with Gasteiger partial charge in [-0.15, -0.1) is 0 Å². The van der Waals surface area contributed by atoms with Gasteiger partial charge in [0, 0.05) is 6.61 Å². The number of nitrogens with zero attached hydrogens (tertiary/aromatic N) is 3. The van der Waals surface area contributed by atoms with Crippen LogP contribution >= 0.6 is 0 Å². The van der Waals surface area contributed by atoms with Gasteiger partial charge in [-0.25, -0.2) is 14.5 Å². The van der Waals surface area contributed by atoms with E-state index in [0.717, 1.165) is 31.4 Å². The van der Waals surface area contributed by atoms with Crippen molar-refractivity contribution in [3.63, 3.8) is 0 Å². The fourth-order valence-electron chi connectivity index (χ4n) is 2.53. The summed E-state index contributed by atoms with van der Waals surface area (Å²) in [4.78, 5) is 16.2. The molecular weight excluding hydrogens is 282 g/mol. The molecule has 1 aromatic carbocycles. The predicted octanol–water partition coefficient (Wildman–Crippen LogP) is 2.05. The molecule has 0 saturated carbocycles. The van der Waals surface area contributed by atoms with Crippen molar-refractivity contribution in [2.24, 2.45) is 0 Å². The minimum absolute atomic E-state index is 0.0279. The first kappa shape index (κ1) is 14.7. The standard InChI is InChI=1S/C16H19N3O3/c20-16(22-10-14-6-3-4-8-21-14)15-7-2-1-5-13(15)9-19-12-17-11-18-19/h1-2,5,7,11-12,14H,3-4,6,8-10H2. The van der Waals surface area contributed by atoms with Gasteiger partial charge in [0.2, 0.25) is 0 Å². The predicted molar refractivity (Wildman–Crippen MR) is 79.4 cm³/mol. The number of hydrogen-bond donors (Lipinski definition) is 0. The Labute approximate surface area is 129 Å². The first-order valence-electron chi connectivity index (χ1n) is 7.52. The molecule has 1 atom stereocenters. The molecule has 0 radical (unpaired) electrons. The number of benzene rings is 1. The number of carbonyl (C=O) groups excluding carboxylic acids is 1. The summed E-state index contributed by atoms with van der Waals surface area (Å²) in [7, 11) is 0. The first-order chi connectivity index (χ1) is 10.8. The van der Waals surface area contributed by atoms with Crippen LogP contribution in [0.2, 0.25) is 0 Å². The largest absolute Gasteiger partial charge is 0.459 e. The summed E-state index contributed by atoms with van der Waals surface area (Å²) in [6, 6.07) is 7.40. The monoisotopic (exact) mass is 301 g/mol. The molecule has 2 heterocycles. The Kier molecular flexibility index (Phi) is 4.80. The molecule has 0 bridgehead atoms. The average molecular weight is 301 g/mol. The van der Waals surface area contributed by atoms with Crippen LogP contribution in [0.3, 0.4) is 0 Å². The van der Waals surface area contributed by atoms with Gasteiger partial charge in [0.05, 0.1) is 18.2 Å². The van der Waals surface area contributed by atoms with Crippen LogP contribution in [-0.2, 0) is 16.0 Å². The Morgan fingerprint density at radius 3 is 3.05 bits per heavy atom. The number of rotatable bonds is 5. The Bertz CT molecular complexity index is 607. The number of carbonyl (C=O) groups is 1. The Morgan fingerprint density at radius 1 is 1.36 bits per heavy atom. The van der Waals surface area contributed by atoms with Gasteiger partial charge in [0.15, 0.2) is 0 Å². The summed E-state index contributed by atoms with van der Waals surface area (Å²) in [5.41, 5.74) is 1.43. The minimum atomic E-state index is -0.315. The number of hydrogen-bond acceptors (Lipinski definition) is 5. The van der Waals surface area contributed by atoms with Gasteiger partial charge in [-0.1, -0.05) is 18.2 Å². The van der Waals surface area contributed by atoms with Crippen LogP contribution in [-0.4, -0.2) is 40.1 Å². The average Bonchev–Trinajstić information content (AvgIpc) is 3.07. The molecule has 3 rings (SSSR count). The topological polar surface area (TPSA) is 66.2 Å². The summed E-state index contributed by atoms with van der Waals surface area (Å²) in [5, 5.41) is 4.06. The highest BCUT2D eigenvalue weighted by molar-refractivity contribution is 5.91. The molecular formula is C16H19N3O3. The lowest BCUT2D eigenvalue weighted by molar-refractivity contribution is -0.0300. The van der Waals surface area contributed by atoms with Crippen molar-refractivity contribution >= 4 is 5.97 Å². The molecule has 116 valence electrons. The van der Waals surface area contributed by atoms with Gasteiger partial charge >= 0.3 is 5.97 Å².